The van der Waals surface area contributed by atoms with Crippen LogP contribution in [0.1, 0.15) is 23.2 Å². The van der Waals surface area contributed by atoms with Gasteiger partial charge in [0.1, 0.15) is 0 Å². The van der Waals surface area contributed by atoms with E-state index in [1.807, 2.05) is 0 Å². The molecule has 1 aromatic rings. The van der Waals surface area contributed by atoms with Gasteiger partial charge >= 0.3 is 5.97 Å². The van der Waals surface area contributed by atoms with E-state index in [0.717, 1.165) is 12.8 Å². The normalized spacial score (nSPS) is 14.2. The van der Waals surface area contributed by atoms with E-state index >= 15 is 0 Å². The van der Waals surface area contributed by atoms with E-state index in [-0.39, 0.29) is 6.10 Å². The van der Waals surface area contributed by atoms with Crippen molar-refractivity contribution in [2.24, 2.45) is 0 Å². The number of nitrogen functional groups attached to an aromatic ring is 1. The van der Waals surface area contributed by atoms with Gasteiger partial charge in [-0.25, -0.2) is 4.79 Å². The Kier molecular flexibility index (Phi) is 3.08. The Morgan fingerprint density at radius 2 is 2.06 bits per heavy atom. The molecule has 2 N–H and O–H groups in total. The van der Waals surface area contributed by atoms with E-state index < -0.39 is 5.97 Å². The van der Waals surface area contributed by atoms with Gasteiger partial charge in [-0.2, -0.15) is 0 Å². The first-order chi connectivity index (χ1) is 8.15. The molecule has 2 rings (SSSR count). The number of hydrogen-bond donors (Lipinski definition) is 1. The van der Waals surface area contributed by atoms with E-state index in [9.17, 15) is 4.79 Å². The van der Waals surface area contributed by atoms with Crippen LogP contribution in [0, 0.1) is 0 Å². The third kappa shape index (κ3) is 2.43. The van der Waals surface area contributed by atoms with Gasteiger partial charge in [0.15, 0.2) is 11.5 Å². The molecule has 0 heterocycles. The van der Waals surface area contributed by atoms with Crippen LogP contribution in [0.15, 0.2) is 12.1 Å². The summed E-state index contributed by atoms with van der Waals surface area (Å²) < 4.78 is 15.5. The number of carbonyl (C=O) groups is 1. The van der Waals surface area contributed by atoms with E-state index in [4.69, 9.17) is 15.2 Å². The quantitative estimate of drug-likeness (QED) is 0.636. The molecule has 5 nitrogen and oxygen atoms in total. The summed E-state index contributed by atoms with van der Waals surface area (Å²) in [7, 11) is 2.83. The molecule has 1 aromatic carbocycles. The third-order valence-electron chi connectivity index (χ3n) is 2.53. The lowest BCUT2D eigenvalue weighted by molar-refractivity contribution is 0.0600. The van der Waals surface area contributed by atoms with Crippen molar-refractivity contribution in [3.05, 3.63) is 17.7 Å². The van der Waals surface area contributed by atoms with E-state index in [1.54, 1.807) is 6.07 Å². The average Bonchev–Trinajstić information content (AvgIpc) is 3.14. The van der Waals surface area contributed by atoms with Crippen LogP contribution in [0.25, 0.3) is 0 Å². The Labute approximate surface area is 99.5 Å². The summed E-state index contributed by atoms with van der Waals surface area (Å²) in [5, 5.41) is 0. The first-order valence-electron chi connectivity index (χ1n) is 5.38. The average molecular weight is 237 g/mol. The molecule has 5 heteroatoms. The van der Waals surface area contributed by atoms with Crippen LogP contribution in [-0.2, 0) is 4.74 Å². The van der Waals surface area contributed by atoms with Crippen molar-refractivity contribution in [1.82, 2.24) is 0 Å². The second-order valence-corrected chi connectivity index (χ2v) is 3.91. The predicted octanol–water partition coefficient (Wildman–Crippen LogP) is 1.61. The Bertz CT molecular complexity index is 440. The van der Waals surface area contributed by atoms with E-state index in [2.05, 4.69) is 4.74 Å². The van der Waals surface area contributed by atoms with Crippen LogP contribution < -0.4 is 15.2 Å². The van der Waals surface area contributed by atoms with Gasteiger partial charge < -0.3 is 19.9 Å². The van der Waals surface area contributed by atoms with Crippen LogP contribution >= 0.6 is 0 Å². The monoisotopic (exact) mass is 237 g/mol. The fourth-order valence-electron chi connectivity index (χ4n) is 1.49. The predicted molar refractivity (Wildman–Crippen MR) is 62.4 cm³/mol. The molecule has 0 amide bonds. The highest BCUT2D eigenvalue weighted by Crippen LogP contribution is 2.39. The zero-order valence-electron chi connectivity index (χ0n) is 9.86. The number of hydrogen-bond acceptors (Lipinski definition) is 5. The molecule has 1 fully saturated rings. The number of benzene rings is 1. The largest absolute Gasteiger partial charge is 0.493 e. The van der Waals surface area contributed by atoms with Gasteiger partial charge in [0.25, 0.3) is 0 Å². The van der Waals surface area contributed by atoms with Crippen LogP contribution in [0.4, 0.5) is 5.69 Å². The van der Waals surface area contributed by atoms with Crippen molar-refractivity contribution in [3.63, 3.8) is 0 Å². The van der Waals surface area contributed by atoms with Crippen molar-refractivity contribution in [1.29, 1.82) is 0 Å². The molecule has 1 aliphatic carbocycles. The molecule has 17 heavy (non-hydrogen) atoms. The number of anilines is 1. The lowest BCUT2D eigenvalue weighted by Gasteiger charge is -2.13. The Balaban J connectivity index is 2.35. The van der Waals surface area contributed by atoms with Gasteiger partial charge in [0, 0.05) is 0 Å². The maximum absolute atomic E-state index is 11.4. The maximum Gasteiger partial charge on any atom is 0.338 e. The molecule has 0 bridgehead atoms. The Hall–Kier alpha value is -1.91. The summed E-state index contributed by atoms with van der Waals surface area (Å²) in [6.45, 7) is 0. The number of rotatable bonds is 4. The van der Waals surface area contributed by atoms with Crippen molar-refractivity contribution < 1.29 is 19.0 Å². The minimum Gasteiger partial charge on any atom is -0.493 e. The number of nitrogens with two attached hydrogens (primary N) is 1. The topological polar surface area (TPSA) is 70.8 Å². The summed E-state index contributed by atoms with van der Waals surface area (Å²) in [4.78, 5) is 11.4. The number of carbonyl (C=O) groups excluding carboxylic acids is 1. The fraction of sp³-hybridized carbons (Fsp3) is 0.417. The van der Waals surface area contributed by atoms with Crippen LogP contribution in [-0.4, -0.2) is 26.3 Å². The molecule has 0 unspecified atom stereocenters. The van der Waals surface area contributed by atoms with Crippen LogP contribution in [0.3, 0.4) is 0 Å². The van der Waals surface area contributed by atoms with Gasteiger partial charge in [-0.1, -0.05) is 0 Å². The molecule has 1 aliphatic rings. The molecule has 0 aromatic heterocycles. The second-order valence-electron chi connectivity index (χ2n) is 3.91. The summed E-state index contributed by atoms with van der Waals surface area (Å²) in [5.74, 6) is 0.507. The molecule has 0 atom stereocenters. The van der Waals surface area contributed by atoms with Crippen molar-refractivity contribution in [2.75, 3.05) is 20.0 Å². The van der Waals surface area contributed by atoms with E-state index in [1.165, 1.54) is 20.3 Å². The highest BCUT2D eigenvalue weighted by molar-refractivity contribution is 5.92. The lowest BCUT2D eigenvalue weighted by Crippen LogP contribution is -2.06. The molecular weight excluding hydrogens is 222 g/mol. The third-order valence-corrected chi connectivity index (χ3v) is 2.53. The molecule has 0 aliphatic heterocycles. The Morgan fingerprint density at radius 1 is 1.35 bits per heavy atom. The van der Waals surface area contributed by atoms with E-state index in [0.29, 0.717) is 22.7 Å². The maximum atomic E-state index is 11.4. The standard InChI is InChI=1S/C12H15NO4/c1-15-10-6-7(12(14)16-2)5-9(13)11(10)17-8-3-4-8/h5-6,8H,3-4,13H2,1-2H3. The number of ether oxygens (including phenoxy) is 3. The van der Waals surface area contributed by atoms with Crippen molar-refractivity contribution >= 4 is 11.7 Å². The van der Waals surface area contributed by atoms with Gasteiger partial charge in [-0.15, -0.1) is 0 Å². The smallest absolute Gasteiger partial charge is 0.338 e. The van der Waals surface area contributed by atoms with Gasteiger partial charge in [-0.3, -0.25) is 0 Å². The number of esters is 1. The van der Waals surface area contributed by atoms with Crippen LogP contribution in [0.5, 0.6) is 11.5 Å². The second kappa shape index (κ2) is 4.53. The lowest BCUT2D eigenvalue weighted by atomic mass is 10.1. The zero-order valence-corrected chi connectivity index (χ0v) is 9.86. The molecule has 92 valence electrons. The molecule has 0 saturated heterocycles. The molecule has 1 saturated carbocycles. The summed E-state index contributed by atoms with van der Waals surface area (Å²) in [6.07, 6.45) is 2.28. The highest BCUT2D eigenvalue weighted by Gasteiger charge is 2.26. The highest BCUT2D eigenvalue weighted by atomic mass is 16.5. The SMILES string of the molecule is COC(=O)c1cc(N)c(OC2CC2)c(OC)c1. The van der Waals surface area contributed by atoms with Crippen molar-refractivity contribution in [2.45, 2.75) is 18.9 Å². The minimum absolute atomic E-state index is 0.218. The summed E-state index contributed by atoms with van der Waals surface area (Å²) in [6, 6.07) is 3.10. The van der Waals surface area contributed by atoms with Gasteiger partial charge in [-0.05, 0) is 25.0 Å². The summed E-state index contributed by atoms with van der Waals surface area (Å²) in [5.41, 5.74) is 6.59. The number of methoxy groups -OCH3 is 2. The first-order valence-corrected chi connectivity index (χ1v) is 5.38. The van der Waals surface area contributed by atoms with Gasteiger partial charge in [0.05, 0.1) is 31.6 Å². The van der Waals surface area contributed by atoms with Crippen LogP contribution in [0.2, 0.25) is 0 Å². The fourth-order valence-corrected chi connectivity index (χ4v) is 1.49. The van der Waals surface area contributed by atoms with Gasteiger partial charge in [0.2, 0.25) is 0 Å². The molecular formula is C12H15NO4. The zero-order chi connectivity index (χ0) is 12.4. The molecule has 0 spiro atoms. The first kappa shape index (κ1) is 11.6. The van der Waals surface area contributed by atoms with Crippen molar-refractivity contribution in [3.8, 4) is 11.5 Å². The molecule has 0 radical (unpaired) electrons. The summed E-state index contributed by atoms with van der Waals surface area (Å²) >= 11 is 0. The minimum atomic E-state index is -0.451. The Morgan fingerprint density at radius 3 is 2.59 bits per heavy atom.